The van der Waals surface area contributed by atoms with Crippen molar-refractivity contribution in [3.63, 3.8) is 0 Å². The zero-order valence-electron chi connectivity index (χ0n) is 19.2. The number of rotatable bonds is 6. The highest BCUT2D eigenvalue weighted by atomic mass is 16.5. The van der Waals surface area contributed by atoms with Gasteiger partial charge in [0.2, 0.25) is 5.88 Å². The van der Waals surface area contributed by atoms with Crippen molar-refractivity contribution in [2.45, 2.75) is 45.1 Å². The number of amides is 1. The van der Waals surface area contributed by atoms with E-state index in [1.165, 1.54) is 10.5 Å². The van der Waals surface area contributed by atoms with Gasteiger partial charge in [-0.2, -0.15) is 10.2 Å². The molecule has 1 aromatic carbocycles. The molecule has 1 fully saturated rings. The van der Waals surface area contributed by atoms with Crippen LogP contribution in [0.15, 0.2) is 53.0 Å². The molecule has 1 amide bonds. The second-order valence-electron chi connectivity index (χ2n) is 8.28. The summed E-state index contributed by atoms with van der Waals surface area (Å²) in [7, 11) is 1.56. The van der Waals surface area contributed by atoms with Crippen molar-refractivity contribution < 1.29 is 14.3 Å². The average molecular weight is 459 g/mol. The molecule has 1 aliphatic carbocycles. The predicted molar refractivity (Wildman–Crippen MR) is 128 cm³/mol. The van der Waals surface area contributed by atoms with Crippen LogP contribution in [0.4, 0.5) is 0 Å². The first-order chi connectivity index (χ1) is 16.5. The lowest BCUT2D eigenvalue weighted by atomic mass is 9.95. The van der Waals surface area contributed by atoms with Crippen LogP contribution in [-0.2, 0) is 4.79 Å². The zero-order chi connectivity index (χ0) is 24.1. The number of fused-ring (bicyclic) bond motifs is 1. The number of pyridine rings is 1. The van der Waals surface area contributed by atoms with Crippen molar-refractivity contribution >= 4 is 17.6 Å². The predicted octanol–water partition coefficient (Wildman–Crippen LogP) is 4.16. The minimum Gasteiger partial charge on any atom is -0.497 e. The summed E-state index contributed by atoms with van der Waals surface area (Å²) in [4.78, 5) is 30.8. The second-order valence-corrected chi connectivity index (χ2v) is 8.28. The van der Waals surface area contributed by atoms with E-state index in [-0.39, 0.29) is 23.1 Å². The fraction of sp³-hybridized carbons (Fsp3) is 0.308. The van der Waals surface area contributed by atoms with E-state index in [2.05, 4.69) is 10.3 Å². The molecule has 0 bridgehead atoms. The summed E-state index contributed by atoms with van der Waals surface area (Å²) in [6.45, 7) is 1.84. The van der Waals surface area contributed by atoms with Crippen LogP contribution in [0, 0.1) is 18.3 Å². The maximum Gasteiger partial charge on any atom is 0.269 e. The van der Waals surface area contributed by atoms with Gasteiger partial charge in [-0.3, -0.25) is 14.0 Å². The van der Waals surface area contributed by atoms with Crippen LogP contribution in [0.1, 0.15) is 43.2 Å². The number of nitrogens with one attached hydrogen (secondary N) is 1. The standard InChI is InChI=1S/C26H26N4O4/c1-17-7-6-14-30-23(17)29-25(34-21-12-10-20(33-2)11-13-21)22(26(30)32)15-18(16-27)24(31)28-19-8-4-3-5-9-19/h6-7,10-15,19H,3-5,8-9H2,1-2H3,(H,28,31). The Morgan fingerprint density at radius 2 is 1.88 bits per heavy atom. The van der Waals surface area contributed by atoms with Gasteiger partial charge in [-0.25, -0.2) is 0 Å². The molecular formula is C26H26N4O4. The van der Waals surface area contributed by atoms with Gasteiger partial charge in [0.15, 0.2) is 0 Å². The number of hydrogen-bond donors (Lipinski definition) is 1. The molecule has 0 radical (unpaired) electrons. The van der Waals surface area contributed by atoms with Crippen LogP contribution in [0.25, 0.3) is 11.7 Å². The number of aryl methyl sites for hydroxylation is 1. The minimum absolute atomic E-state index is 0.0164. The van der Waals surface area contributed by atoms with Gasteiger partial charge in [0, 0.05) is 12.2 Å². The molecule has 174 valence electrons. The van der Waals surface area contributed by atoms with Gasteiger partial charge in [-0.15, -0.1) is 0 Å². The molecule has 0 unspecified atom stereocenters. The lowest BCUT2D eigenvalue weighted by molar-refractivity contribution is -0.117. The van der Waals surface area contributed by atoms with Gasteiger partial charge in [0.05, 0.1) is 7.11 Å². The fourth-order valence-electron chi connectivity index (χ4n) is 4.05. The zero-order valence-corrected chi connectivity index (χ0v) is 19.2. The second kappa shape index (κ2) is 10.2. The summed E-state index contributed by atoms with van der Waals surface area (Å²) in [5, 5.41) is 12.6. The normalized spacial score (nSPS) is 14.4. The van der Waals surface area contributed by atoms with Gasteiger partial charge in [0.1, 0.15) is 34.4 Å². The van der Waals surface area contributed by atoms with Gasteiger partial charge < -0.3 is 14.8 Å². The van der Waals surface area contributed by atoms with Crippen LogP contribution < -0.4 is 20.3 Å². The van der Waals surface area contributed by atoms with Gasteiger partial charge >= 0.3 is 0 Å². The Morgan fingerprint density at radius 3 is 2.56 bits per heavy atom. The number of ether oxygens (including phenoxy) is 2. The Hall–Kier alpha value is -4.12. The number of aromatic nitrogens is 2. The molecule has 1 N–H and O–H groups in total. The molecule has 4 rings (SSSR count). The highest BCUT2D eigenvalue weighted by Gasteiger charge is 2.21. The smallest absolute Gasteiger partial charge is 0.269 e. The SMILES string of the molecule is COc1ccc(Oc2nc3c(C)cccn3c(=O)c2C=C(C#N)C(=O)NC2CCCCC2)cc1. The molecule has 8 nitrogen and oxygen atoms in total. The first kappa shape index (κ1) is 23.1. The number of methoxy groups -OCH3 is 1. The van der Waals surface area contributed by atoms with Gasteiger partial charge in [-0.05, 0) is 61.7 Å². The highest BCUT2D eigenvalue weighted by molar-refractivity contribution is 6.02. The molecule has 8 heteroatoms. The van der Waals surface area contributed by atoms with Crippen LogP contribution in [-0.4, -0.2) is 28.4 Å². The number of nitrogens with zero attached hydrogens (tertiary/aromatic N) is 3. The summed E-state index contributed by atoms with van der Waals surface area (Å²) >= 11 is 0. The minimum atomic E-state index is -0.501. The fourth-order valence-corrected chi connectivity index (χ4v) is 4.05. The van der Waals surface area contributed by atoms with Crippen molar-refractivity contribution in [3.05, 3.63) is 69.6 Å². The molecule has 0 saturated heterocycles. The van der Waals surface area contributed by atoms with Gasteiger partial charge in [0.25, 0.3) is 11.5 Å². The van der Waals surface area contributed by atoms with E-state index in [1.54, 1.807) is 43.6 Å². The molecule has 1 saturated carbocycles. The summed E-state index contributed by atoms with van der Waals surface area (Å²) in [6, 6.07) is 12.4. The lowest BCUT2D eigenvalue weighted by Gasteiger charge is -2.22. The Bertz CT molecular complexity index is 1330. The number of carbonyl (C=O) groups is 1. The number of nitriles is 1. The molecular weight excluding hydrogens is 432 g/mol. The Labute approximate surface area is 197 Å². The summed E-state index contributed by atoms with van der Waals surface area (Å²) in [5.41, 5.74) is 0.630. The maximum absolute atomic E-state index is 13.4. The number of carbonyl (C=O) groups excluding carboxylic acids is 1. The van der Waals surface area contributed by atoms with E-state index in [9.17, 15) is 14.9 Å². The molecule has 0 atom stereocenters. The molecule has 0 aliphatic heterocycles. The van der Waals surface area contributed by atoms with Crippen LogP contribution in [0.2, 0.25) is 0 Å². The third-order valence-electron chi connectivity index (χ3n) is 5.92. The number of benzene rings is 1. The summed E-state index contributed by atoms with van der Waals surface area (Å²) < 4.78 is 12.5. The molecule has 2 heterocycles. The monoisotopic (exact) mass is 458 g/mol. The highest BCUT2D eigenvalue weighted by Crippen LogP contribution is 2.26. The third kappa shape index (κ3) is 4.94. The van der Waals surface area contributed by atoms with Crippen molar-refractivity contribution in [1.82, 2.24) is 14.7 Å². The molecule has 0 spiro atoms. The molecule has 3 aromatic rings. The Morgan fingerprint density at radius 1 is 1.18 bits per heavy atom. The van der Waals surface area contributed by atoms with E-state index in [1.807, 2.05) is 19.1 Å². The number of hydrogen-bond acceptors (Lipinski definition) is 6. The topological polar surface area (TPSA) is 106 Å². The van der Waals surface area contributed by atoms with E-state index in [0.29, 0.717) is 17.1 Å². The average Bonchev–Trinajstić information content (AvgIpc) is 2.85. The van der Waals surface area contributed by atoms with Crippen molar-refractivity contribution in [1.29, 1.82) is 5.26 Å². The first-order valence-corrected chi connectivity index (χ1v) is 11.3. The van der Waals surface area contributed by atoms with E-state index >= 15 is 0 Å². The van der Waals surface area contributed by atoms with Crippen molar-refractivity contribution in [3.8, 4) is 23.4 Å². The van der Waals surface area contributed by atoms with E-state index in [4.69, 9.17) is 9.47 Å². The largest absolute Gasteiger partial charge is 0.497 e. The van der Waals surface area contributed by atoms with E-state index in [0.717, 1.165) is 37.7 Å². The van der Waals surface area contributed by atoms with Crippen LogP contribution >= 0.6 is 0 Å². The molecule has 1 aliphatic rings. The van der Waals surface area contributed by atoms with Gasteiger partial charge in [-0.1, -0.05) is 25.3 Å². The molecule has 34 heavy (non-hydrogen) atoms. The summed E-state index contributed by atoms with van der Waals surface area (Å²) in [6.07, 6.45) is 7.88. The molecule has 2 aromatic heterocycles. The lowest BCUT2D eigenvalue weighted by Crippen LogP contribution is -2.36. The van der Waals surface area contributed by atoms with Crippen molar-refractivity contribution in [2.75, 3.05) is 7.11 Å². The summed E-state index contributed by atoms with van der Waals surface area (Å²) in [5.74, 6) is 0.604. The Kier molecular flexibility index (Phi) is 6.93. The quantitative estimate of drug-likeness (QED) is 0.439. The third-order valence-corrected chi connectivity index (χ3v) is 5.92. The Balaban J connectivity index is 1.77. The van der Waals surface area contributed by atoms with Crippen LogP contribution in [0.3, 0.4) is 0 Å². The van der Waals surface area contributed by atoms with Crippen LogP contribution in [0.5, 0.6) is 17.4 Å². The van der Waals surface area contributed by atoms with E-state index < -0.39 is 11.5 Å². The van der Waals surface area contributed by atoms with Crippen molar-refractivity contribution in [2.24, 2.45) is 0 Å². The maximum atomic E-state index is 13.4. The first-order valence-electron chi connectivity index (χ1n) is 11.3.